The first kappa shape index (κ1) is 36.1. The van der Waals surface area contributed by atoms with Gasteiger partial charge in [0.25, 0.3) is 0 Å². The lowest BCUT2D eigenvalue weighted by atomic mass is 10.0. The van der Waals surface area contributed by atoms with Gasteiger partial charge in [0.1, 0.15) is 11.2 Å². The zero-order valence-corrected chi connectivity index (χ0v) is 34.8. The van der Waals surface area contributed by atoms with E-state index in [0.29, 0.717) is 0 Å². The minimum atomic E-state index is 0.901. The molecule has 13 rings (SSSR count). The molecule has 0 spiro atoms. The van der Waals surface area contributed by atoms with Crippen LogP contribution in [0.1, 0.15) is 0 Å². The molecule has 13 aromatic rings. The number of anilines is 3. The van der Waals surface area contributed by atoms with Crippen molar-refractivity contribution in [2.75, 3.05) is 4.90 Å². The van der Waals surface area contributed by atoms with Gasteiger partial charge in [0.15, 0.2) is 0 Å². The van der Waals surface area contributed by atoms with Gasteiger partial charge in [-0.1, -0.05) is 140 Å². The Morgan fingerprint density at radius 1 is 0.297 bits per heavy atom. The van der Waals surface area contributed by atoms with Gasteiger partial charge in [-0.2, -0.15) is 0 Å². The number of hydrogen-bond acceptors (Lipinski definition) is 2. The molecule has 0 aliphatic rings. The van der Waals surface area contributed by atoms with Crippen LogP contribution in [-0.2, 0) is 0 Å². The van der Waals surface area contributed by atoms with E-state index in [1.807, 2.05) is 12.1 Å². The average Bonchev–Trinajstić information content (AvgIpc) is 4.03. The van der Waals surface area contributed by atoms with Crippen LogP contribution >= 0.6 is 0 Å². The van der Waals surface area contributed by atoms with Crippen molar-refractivity contribution in [3.05, 3.63) is 237 Å². The molecule has 300 valence electrons. The van der Waals surface area contributed by atoms with Crippen LogP contribution in [0.5, 0.6) is 0 Å². The Labute approximate surface area is 369 Å². The fourth-order valence-electron chi connectivity index (χ4n) is 10.00. The summed E-state index contributed by atoms with van der Waals surface area (Å²) >= 11 is 0. The zero-order valence-electron chi connectivity index (χ0n) is 34.8. The number of furan rings is 1. The normalized spacial score (nSPS) is 11.8. The second-order valence-corrected chi connectivity index (χ2v) is 16.5. The Bertz CT molecular complexity index is 3840. The lowest BCUT2D eigenvalue weighted by Gasteiger charge is -2.26. The second kappa shape index (κ2) is 14.5. The number of fused-ring (bicyclic) bond motifs is 9. The van der Waals surface area contributed by atoms with E-state index in [1.54, 1.807) is 0 Å². The summed E-state index contributed by atoms with van der Waals surface area (Å²) in [5.74, 6) is 0. The molecule has 3 aromatic heterocycles. The van der Waals surface area contributed by atoms with Crippen molar-refractivity contribution in [3.8, 4) is 33.6 Å². The van der Waals surface area contributed by atoms with Crippen LogP contribution in [0.2, 0.25) is 0 Å². The molecule has 3 heterocycles. The summed E-state index contributed by atoms with van der Waals surface area (Å²) in [7, 11) is 0. The molecule has 10 aromatic carbocycles. The predicted octanol–water partition coefficient (Wildman–Crippen LogP) is 16.6. The van der Waals surface area contributed by atoms with Gasteiger partial charge < -0.3 is 18.5 Å². The van der Waals surface area contributed by atoms with Crippen LogP contribution in [0, 0.1) is 0 Å². The second-order valence-electron chi connectivity index (χ2n) is 16.5. The summed E-state index contributed by atoms with van der Waals surface area (Å²) in [6, 6.07) is 85.1. The molecule has 0 bridgehead atoms. The SMILES string of the molecule is c1ccc(-n2c3ccccc3c3cc(-c4cccc(N(c5ccc(-c6cccc7c6oc6ccccc67)cc5)c5ccc(-n6c7ccccc7c7ccccc76)cc5)c4)ccc32)cc1. The lowest BCUT2D eigenvalue weighted by Crippen LogP contribution is -2.10. The smallest absolute Gasteiger partial charge is 0.143 e. The summed E-state index contributed by atoms with van der Waals surface area (Å²) in [6.07, 6.45) is 0. The Morgan fingerprint density at radius 3 is 1.48 bits per heavy atom. The third-order valence-corrected chi connectivity index (χ3v) is 12.9. The topological polar surface area (TPSA) is 26.2 Å². The third-order valence-electron chi connectivity index (χ3n) is 12.9. The van der Waals surface area contributed by atoms with Crippen molar-refractivity contribution in [1.29, 1.82) is 0 Å². The Hall–Kier alpha value is -8.60. The maximum Gasteiger partial charge on any atom is 0.143 e. The van der Waals surface area contributed by atoms with Gasteiger partial charge in [-0.15, -0.1) is 0 Å². The summed E-state index contributed by atoms with van der Waals surface area (Å²) < 4.78 is 11.2. The van der Waals surface area contributed by atoms with E-state index < -0.39 is 0 Å². The molecule has 0 aliphatic carbocycles. The van der Waals surface area contributed by atoms with Crippen molar-refractivity contribution >= 4 is 82.6 Å². The maximum atomic E-state index is 6.47. The number of rotatable bonds is 7. The van der Waals surface area contributed by atoms with Crippen LogP contribution in [0.25, 0.3) is 99.2 Å². The van der Waals surface area contributed by atoms with E-state index in [2.05, 4.69) is 238 Å². The van der Waals surface area contributed by atoms with Crippen LogP contribution < -0.4 is 4.90 Å². The van der Waals surface area contributed by atoms with Crippen LogP contribution in [0.15, 0.2) is 241 Å². The van der Waals surface area contributed by atoms with Crippen molar-refractivity contribution < 1.29 is 4.42 Å². The number of aromatic nitrogens is 2. The summed E-state index contributed by atoms with van der Waals surface area (Å²) in [5.41, 5.74) is 16.6. The van der Waals surface area contributed by atoms with Crippen LogP contribution in [0.4, 0.5) is 17.1 Å². The van der Waals surface area contributed by atoms with E-state index in [4.69, 9.17) is 4.42 Å². The average molecular weight is 818 g/mol. The molecule has 4 heteroatoms. The van der Waals surface area contributed by atoms with E-state index in [9.17, 15) is 0 Å². The minimum Gasteiger partial charge on any atom is -0.455 e. The molecule has 0 saturated heterocycles. The number of para-hydroxylation sites is 6. The predicted molar refractivity (Wildman–Crippen MR) is 268 cm³/mol. The van der Waals surface area contributed by atoms with Gasteiger partial charge in [0.05, 0.1) is 22.1 Å². The number of nitrogens with zero attached hydrogens (tertiary/aromatic N) is 3. The van der Waals surface area contributed by atoms with Crippen molar-refractivity contribution in [3.63, 3.8) is 0 Å². The van der Waals surface area contributed by atoms with Gasteiger partial charge in [-0.3, -0.25) is 0 Å². The highest BCUT2D eigenvalue weighted by atomic mass is 16.3. The highest BCUT2D eigenvalue weighted by molar-refractivity contribution is 6.12. The van der Waals surface area contributed by atoms with Gasteiger partial charge in [0.2, 0.25) is 0 Å². The molecule has 0 unspecified atom stereocenters. The molecule has 0 atom stereocenters. The quantitative estimate of drug-likeness (QED) is 0.160. The van der Waals surface area contributed by atoms with Crippen molar-refractivity contribution in [2.45, 2.75) is 0 Å². The van der Waals surface area contributed by atoms with Gasteiger partial charge >= 0.3 is 0 Å². The number of hydrogen-bond donors (Lipinski definition) is 0. The zero-order chi connectivity index (χ0) is 42.1. The summed E-state index contributed by atoms with van der Waals surface area (Å²) in [6.45, 7) is 0. The van der Waals surface area contributed by atoms with E-state index in [0.717, 1.165) is 67.1 Å². The Morgan fingerprint density at radius 2 is 0.797 bits per heavy atom. The molecule has 4 nitrogen and oxygen atoms in total. The minimum absolute atomic E-state index is 0.901. The molecular weight excluding hydrogens is 779 g/mol. The monoisotopic (exact) mass is 817 g/mol. The van der Waals surface area contributed by atoms with Gasteiger partial charge in [-0.25, -0.2) is 0 Å². The fourth-order valence-corrected chi connectivity index (χ4v) is 10.00. The Balaban J connectivity index is 0.942. The molecule has 0 amide bonds. The van der Waals surface area contributed by atoms with Crippen LogP contribution in [0.3, 0.4) is 0 Å². The fraction of sp³-hybridized carbons (Fsp3) is 0. The highest BCUT2D eigenvalue weighted by Gasteiger charge is 2.19. The van der Waals surface area contributed by atoms with E-state index in [1.165, 1.54) is 49.2 Å². The molecule has 0 fully saturated rings. The van der Waals surface area contributed by atoms with E-state index >= 15 is 0 Å². The molecule has 64 heavy (non-hydrogen) atoms. The first-order chi connectivity index (χ1) is 31.7. The van der Waals surface area contributed by atoms with E-state index in [-0.39, 0.29) is 0 Å². The number of benzene rings is 10. The standard InChI is InChI=1S/C60H39N3O/c1-2-15-43(16-3-1)62-57-26-10-6-20-51(57)54-39-42(30-37-58(54)62)41-14-12-17-47(38-41)61(44-31-28-40(29-32-44)48-22-13-23-53-52-21-7-11-27-59(52)64-60(48)53)45-33-35-46(36-34-45)63-55-24-8-4-18-49(55)50-19-5-9-25-56(50)63/h1-39H. The molecule has 0 N–H and O–H groups in total. The van der Waals surface area contributed by atoms with Gasteiger partial charge in [-0.05, 0) is 114 Å². The largest absolute Gasteiger partial charge is 0.455 e. The maximum absolute atomic E-state index is 6.47. The van der Waals surface area contributed by atoms with Gasteiger partial charge in [0, 0.05) is 66.3 Å². The first-order valence-corrected chi connectivity index (χ1v) is 21.8. The van der Waals surface area contributed by atoms with Crippen LogP contribution in [-0.4, -0.2) is 9.13 Å². The Kier molecular flexibility index (Phi) is 8.18. The van der Waals surface area contributed by atoms with Crippen molar-refractivity contribution in [1.82, 2.24) is 9.13 Å². The summed E-state index contributed by atoms with van der Waals surface area (Å²) in [4.78, 5) is 2.37. The lowest BCUT2D eigenvalue weighted by molar-refractivity contribution is 0.670. The first-order valence-electron chi connectivity index (χ1n) is 21.8. The highest BCUT2D eigenvalue weighted by Crippen LogP contribution is 2.42. The van der Waals surface area contributed by atoms with Crippen molar-refractivity contribution in [2.24, 2.45) is 0 Å². The molecule has 0 saturated carbocycles. The molecular formula is C60H39N3O. The third kappa shape index (κ3) is 5.70. The molecule has 0 radical (unpaired) electrons. The summed E-state index contributed by atoms with van der Waals surface area (Å²) in [5, 5.41) is 7.23. The molecule has 0 aliphatic heterocycles.